The van der Waals surface area contributed by atoms with Gasteiger partial charge in [0.2, 0.25) is 0 Å². The van der Waals surface area contributed by atoms with E-state index in [0.29, 0.717) is 24.1 Å². The Labute approximate surface area is 104 Å². The van der Waals surface area contributed by atoms with Gasteiger partial charge in [0, 0.05) is 0 Å². The van der Waals surface area contributed by atoms with Gasteiger partial charge in [-0.1, -0.05) is 38.3 Å². The molecule has 0 radical (unpaired) electrons. The number of phenolic OH excluding ortho intramolecular Hbond substituents is 1. The van der Waals surface area contributed by atoms with E-state index < -0.39 is 0 Å². The summed E-state index contributed by atoms with van der Waals surface area (Å²) in [5, 5.41) is 9.34. The minimum absolute atomic E-state index is 0.334. The predicted octanol–water partition coefficient (Wildman–Crippen LogP) is 3.26. The Bertz CT molecular complexity index is 346. The summed E-state index contributed by atoms with van der Waals surface area (Å²) < 4.78 is 0. The van der Waals surface area contributed by atoms with Gasteiger partial charge in [-0.05, 0) is 48.4 Å². The summed E-state index contributed by atoms with van der Waals surface area (Å²) in [5.41, 5.74) is 7.25. The summed E-state index contributed by atoms with van der Waals surface area (Å²) in [4.78, 5) is 0. The number of benzene rings is 1. The standard InChI is InChI=1S/C15H23NO/c1-11-4-2-3-5-14(11)15(10-16)12-6-8-13(17)9-7-12/h6-9,11,14-15,17H,2-5,10,16H2,1H3. The zero-order chi connectivity index (χ0) is 12.3. The first kappa shape index (κ1) is 12.4. The third-order valence-corrected chi connectivity index (χ3v) is 4.27. The molecule has 3 N–H and O–H groups in total. The number of aromatic hydroxyl groups is 1. The summed E-state index contributed by atoms with van der Waals surface area (Å²) in [6.07, 6.45) is 5.33. The van der Waals surface area contributed by atoms with E-state index in [2.05, 4.69) is 6.92 Å². The maximum atomic E-state index is 9.34. The van der Waals surface area contributed by atoms with Gasteiger partial charge in [0.05, 0.1) is 0 Å². The fourth-order valence-corrected chi connectivity index (χ4v) is 3.22. The summed E-state index contributed by atoms with van der Waals surface area (Å²) in [5.74, 6) is 2.26. The third kappa shape index (κ3) is 2.81. The molecule has 0 saturated heterocycles. The van der Waals surface area contributed by atoms with Crippen molar-refractivity contribution in [3.8, 4) is 5.75 Å². The van der Waals surface area contributed by atoms with Crippen LogP contribution in [0.15, 0.2) is 24.3 Å². The molecule has 1 fully saturated rings. The van der Waals surface area contributed by atoms with Crippen molar-refractivity contribution < 1.29 is 5.11 Å². The van der Waals surface area contributed by atoms with Crippen LogP contribution in [0.3, 0.4) is 0 Å². The van der Waals surface area contributed by atoms with Gasteiger partial charge < -0.3 is 10.8 Å². The molecule has 1 saturated carbocycles. The van der Waals surface area contributed by atoms with Gasteiger partial charge in [-0.25, -0.2) is 0 Å². The highest BCUT2D eigenvalue weighted by molar-refractivity contribution is 5.29. The average Bonchev–Trinajstić information content (AvgIpc) is 2.35. The molecule has 0 amide bonds. The van der Waals surface area contributed by atoms with Crippen LogP contribution in [0.25, 0.3) is 0 Å². The Morgan fingerprint density at radius 2 is 1.88 bits per heavy atom. The molecule has 94 valence electrons. The molecular formula is C15H23NO. The molecule has 3 atom stereocenters. The smallest absolute Gasteiger partial charge is 0.115 e. The average molecular weight is 233 g/mol. The van der Waals surface area contributed by atoms with Crippen LogP contribution in [0.4, 0.5) is 0 Å². The maximum absolute atomic E-state index is 9.34. The first-order valence-corrected chi connectivity index (χ1v) is 6.71. The van der Waals surface area contributed by atoms with E-state index in [0.717, 1.165) is 5.92 Å². The number of nitrogens with two attached hydrogens (primary N) is 1. The van der Waals surface area contributed by atoms with Gasteiger partial charge >= 0.3 is 0 Å². The highest BCUT2D eigenvalue weighted by Crippen LogP contribution is 2.39. The quantitative estimate of drug-likeness (QED) is 0.841. The van der Waals surface area contributed by atoms with E-state index in [9.17, 15) is 5.11 Å². The van der Waals surface area contributed by atoms with E-state index in [1.807, 2.05) is 12.1 Å². The summed E-state index contributed by atoms with van der Waals surface area (Å²) in [7, 11) is 0. The van der Waals surface area contributed by atoms with Crippen LogP contribution in [-0.4, -0.2) is 11.7 Å². The van der Waals surface area contributed by atoms with Crippen molar-refractivity contribution in [2.45, 2.75) is 38.5 Å². The molecule has 2 rings (SSSR count). The second-order valence-corrected chi connectivity index (χ2v) is 5.36. The highest BCUT2D eigenvalue weighted by Gasteiger charge is 2.29. The molecule has 17 heavy (non-hydrogen) atoms. The Hall–Kier alpha value is -1.02. The first-order valence-electron chi connectivity index (χ1n) is 6.71. The van der Waals surface area contributed by atoms with Crippen molar-refractivity contribution in [2.24, 2.45) is 17.6 Å². The minimum Gasteiger partial charge on any atom is -0.508 e. The Morgan fingerprint density at radius 3 is 2.47 bits per heavy atom. The fraction of sp³-hybridized carbons (Fsp3) is 0.600. The van der Waals surface area contributed by atoms with Crippen molar-refractivity contribution in [3.05, 3.63) is 29.8 Å². The van der Waals surface area contributed by atoms with Crippen LogP contribution in [0.2, 0.25) is 0 Å². The monoisotopic (exact) mass is 233 g/mol. The molecule has 0 heterocycles. The van der Waals surface area contributed by atoms with Gasteiger partial charge in [-0.3, -0.25) is 0 Å². The van der Waals surface area contributed by atoms with Crippen LogP contribution in [0.5, 0.6) is 5.75 Å². The Kier molecular flexibility index (Phi) is 4.06. The van der Waals surface area contributed by atoms with Gasteiger partial charge in [0.1, 0.15) is 5.75 Å². The topological polar surface area (TPSA) is 46.2 Å². The molecule has 0 spiro atoms. The number of hydrogen-bond acceptors (Lipinski definition) is 2. The molecule has 1 aliphatic carbocycles. The zero-order valence-electron chi connectivity index (χ0n) is 10.6. The largest absolute Gasteiger partial charge is 0.508 e. The molecule has 2 heteroatoms. The summed E-state index contributed by atoms with van der Waals surface area (Å²) >= 11 is 0. The van der Waals surface area contributed by atoms with Crippen LogP contribution in [0.1, 0.15) is 44.1 Å². The van der Waals surface area contributed by atoms with Gasteiger partial charge in [-0.2, -0.15) is 0 Å². The molecule has 1 aromatic rings. The van der Waals surface area contributed by atoms with Crippen LogP contribution in [0, 0.1) is 11.8 Å². The predicted molar refractivity (Wildman–Crippen MR) is 71.0 cm³/mol. The summed E-state index contributed by atoms with van der Waals surface area (Å²) in [6, 6.07) is 7.58. The van der Waals surface area contributed by atoms with Crippen LogP contribution >= 0.6 is 0 Å². The minimum atomic E-state index is 0.334. The van der Waals surface area contributed by atoms with Crippen molar-refractivity contribution in [2.75, 3.05) is 6.54 Å². The third-order valence-electron chi connectivity index (χ3n) is 4.27. The van der Waals surface area contributed by atoms with Crippen molar-refractivity contribution in [1.29, 1.82) is 0 Å². The lowest BCUT2D eigenvalue weighted by atomic mass is 9.71. The number of phenols is 1. The van der Waals surface area contributed by atoms with Crippen molar-refractivity contribution in [1.82, 2.24) is 0 Å². The lowest BCUT2D eigenvalue weighted by molar-refractivity contribution is 0.218. The van der Waals surface area contributed by atoms with E-state index in [1.54, 1.807) is 12.1 Å². The first-order chi connectivity index (χ1) is 8.22. The van der Waals surface area contributed by atoms with Crippen molar-refractivity contribution in [3.63, 3.8) is 0 Å². The molecule has 3 unspecified atom stereocenters. The van der Waals surface area contributed by atoms with E-state index in [1.165, 1.54) is 31.2 Å². The lowest BCUT2D eigenvalue weighted by Gasteiger charge is -2.35. The lowest BCUT2D eigenvalue weighted by Crippen LogP contribution is -2.28. The molecule has 2 nitrogen and oxygen atoms in total. The Balaban J connectivity index is 2.17. The Morgan fingerprint density at radius 1 is 1.24 bits per heavy atom. The van der Waals surface area contributed by atoms with Crippen LogP contribution < -0.4 is 5.73 Å². The second kappa shape index (κ2) is 5.54. The SMILES string of the molecule is CC1CCCCC1C(CN)c1ccc(O)cc1. The molecular weight excluding hydrogens is 210 g/mol. The maximum Gasteiger partial charge on any atom is 0.115 e. The van der Waals surface area contributed by atoms with E-state index >= 15 is 0 Å². The van der Waals surface area contributed by atoms with Crippen LogP contribution in [-0.2, 0) is 0 Å². The number of hydrogen-bond donors (Lipinski definition) is 2. The highest BCUT2D eigenvalue weighted by atomic mass is 16.3. The molecule has 0 bridgehead atoms. The van der Waals surface area contributed by atoms with Gasteiger partial charge in [0.15, 0.2) is 0 Å². The fourth-order valence-electron chi connectivity index (χ4n) is 3.22. The van der Waals surface area contributed by atoms with Gasteiger partial charge in [0.25, 0.3) is 0 Å². The molecule has 1 aromatic carbocycles. The molecule has 0 aromatic heterocycles. The second-order valence-electron chi connectivity index (χ2n) is 5.36. The molecule has 1 aliphatic rings. The van der Waals surface area contributed by atoms with Crippen molar-refractivity contribution >= 4 is 0 Å². The normalized spacial score (nSPS) is 26.7. The van der Waals surface area contributed by atoms with E-state index in [-0.39, 0.29) is 0 Å². The molecule has 0 aliphatic heterocycles. The summed E-state index contributed by atoms with van der Waals surface area (Å²) in [6.45, 7) is 3.06. The zero-order valence-corrected chi connectivity index (χ0v) is 10.6. The van der Waals surface area contributed by atoms with Gasteiger partial charge in [-0.15, -0.1) is 0 Å². The van der Waals surface area contributed by atoms with E-state index in [4.69, 9.17) is 5.73 Å². The number of rotatable bonds is 3.